The van der Waals surface area contributed by atoms with E-state index in [4.69, 9.17) is 8.83 Å². The Kier molecular flexibility index (Phi) is 6.98. The molecule has 1 aliphatic rings. The second-order valence-electron chi connectivity index (χ2n) is 16.0. The molecule has 0 saturated carbocycles. The van der Waals surface area contributed by atoms with Crippen molar-refractivity contribution < 1.29 is 8.83 Å². The minimum absolute atomic E-state index is 0.175. The zero-order valence-electron chi connectivity index (χ0n) is 32.2. The Labute approximate surface area is 336 Å². The standard InChI is InChI=1S/C55H37NO2/c1-55(2)46-24-11-8-17-39(46)40-32-31-37(33-47(40)55)56(36-29-27-34(28-30-36)38-22-14-23-43-41-18-9-12-25-48(41)57-53(38)43)52-50(35-15-4-3-5-16-35)42-19-6-7-20-44(42)54-51(52)45-21-10-13-26-49(45)58-54/h3-33H,1-2H3. The van der Waals surface area contributed by atoms with Crippen LogP contribution in [0.3, 0.4) is 0 Å². The van der Waals surface area contributed by atoms with Crippen molar-refractivity contribution in [3.05, 3.63) is 199 Å². The molecule has 9 aromatic carbocycles. The lowest BCUT2D eigenvalue weighted by atomic mass is 9.82. The van der Waals surface area contributed by atoms with Crippen LogP contribution in [0.4, 0.5) is 17.1 Å². The van der Waals surface area contributed by atoms with Gasteiger partial charge in [0.1, 0.15) is 22.3 Å². The second-order valence-corrected chi connectivity index (χ2v) is 16.0. The summed E-state index contributed by atoms with van der Waals surface area (Å²) in [7, 11) is 0. The van der Waals surface area contributed by atoms with Gasteiger partial charge in [0.25, 0.3) is 0 Å². The van der Waals surface area contributed by atoms with Gasteiger partial charge in [0.2, 0.25) is 0 Å². The topological polar surface area (TPSA) is 29.5 Å². The Morgan fingerprint density at radius 2 is 0.966 bits per heavy atom. The molecule has 0 bridgehead atoms. The van der Waals surface area contributed by atoms with Crippen molar-refractivity contribution in [3.8, 4) is 33.4 Å². The van der Waals surface area contributed by atoms with Crippen LogP contribution >= 0.6 is 0 Å². The predicted octanol–water partition coefficient (Wildman–Crippen LogP) is 15.7. The van der Waals surface area contributed by atoms with E-state index in [1.807, 2.05) is 12.1 Å². The van der Waals surface area contributed by atoms with Crippen LogP contribution in [0.2, 0.25) is 0 Å². The fraction of sp³-hybridized carbons (Fsp3) is 0.0545. The lowest BCUT2D eigenvalue weighted by molar-refractivity contribution is 0.660. The van der Waals surface area contributed by atoms with E-state index in [1.54, 1.807) is 0 Å². The normalized spacial score (nSPS) is 13.1. The Morgan fingerprint density at radius 3 is 1.78 bits per heavy atom. The molecular formula is C55H37NO2. The molecule has 12 rings (SSSR count). The van der Waals surface area contributed by atoms with Crippen molar-refractivity contribution in [2.75, 3.05) is 4.90 Å². The lowest BCUT2D eigenvalue weighted by Gasteiger charge is -2.31. The molecule has 0 saturated heterocycles. The predicted molar refractivity (Wildman–Crippen MR) is 242 cm³/mol. The van der Waals surface area contributed by atoms with E-state index >= 15 is 0 Å². The van der Waals surface area contributed by atoms with Gasteiger partial charge in [-0.2, -0.15) is 0 Å². The highest BCUT2D eigenvalue weighted by atomic mass is 16.3. The van der Waals surface area contributed by atoms with Gasteiger partial charge in [-0.1, -0.05) is 166 Å². The molecule has 0 unspecified atom stereocenters. The molecule has 0 amide bonds. The summed E-state index contributed by atoms with van der Waals surface area (Å²) in [6, 6.07) is 67.7. The Morgan fingerprint density at radius 1 is 0.397 bits per heavy atom. The molecule has 1 aliphatic carbocycles. The summed E-state index contributed by atoms with van der Waals surface area (Å²) < 4.78 is 13.4. The maximum absolute atomic E-state index is 6.87. The summed E-state index contributed by atoms with van der Waals surface area (Å²) in [5.41, 5.74) is 16.4. The smallest absolute Gasteiger partial charge is 0.145 e. The van der Waals surface area contributed by atoms with Crippen molar-refractivity contribution in [1.82, 2.24) is 0 Å². The summed E-state index contributed by atoms with van der Waals surface area (Å²) in [4.78, 5) is 2.48. The molecule has 58 heavy (non-hydrogen) atoms. The Bertz CT molecular complexity index is 3420. The van der Waals surface area contributed by atoms with Crippen molar-refractivity contribution in [2.45, 2.75) is 19.3 Å². The third kappa shape index (κ3) is 4.68. The van der Waals surface area contributed by atoms with Gasteiger partial charge in [0.05, 0.1) is 11.1 Å². The molecule has 0 radical (unpaired) electrons. The van der Waals surface area contributed by atoms with Crippen LogP contribution in [-0.2, 0) is 5.41 Å². The molecule has 274 valence electrons. The van der Waals surface area contributed by atoms with E-state index < -0.39 is 0 Å². The van der Waals surface area contributed by atoms with Gasteiger partial charge >= 0.3 is 0 Å². The number of furan rings is 2. The van der Waals surface area contributed by atoms with Crippen LogP contribution in [0.25, 0.3) is 88.0 Å². The van der Waals surface area contributed by atoms with Crippen molar-refractivity contribution in [3.63, 3.8) is 0 Å². The van der Waals surface area contributed by atoms with E-state index in [1.165, 1.54) is 22.3 Å². The molecule has 0 fully saturated rings. The molecule has 3 nitrogen and oxygen atoms in total. The fourth-order valence-corrected chi connectivity index (χ4v) is 9.75. The van der Waals surface area contributed by atoms with Crippen LogP contribution in [0.5, 0.6) is 0 Å². The first kappa shape index (κ1) is 32.8. The molecular weight excluding hydrogens is 707 g/mol. The lowest BCUT2D eigenvalue weighted by Crippen LogP contribution is -2.17. The highest BCUT2D eigenvalue weighted by molar-refractivity contribution is 6.27. The largest absolute Gasteiger partial charge is 0.455 e. The number of para-hydroxylation sites is 3. The fourth-order valence-electron chi connectivity index (χ4n) is 9.75. The first-order chi connectivity index (χ1) is 28.5. The van der Waals surface area contributed by atoms with Gasteiger partial charge in [-0.15, -0.1) is 0 Å². The minimum Gasteiger partial charge on any atom is -0.455 e. The average molecular weight is 744 g/mol. The first-order valence-corrected chi connectivity index (χ1v) is 20.0. The van der Waals surface area contributed by atoms with Crippen LogP contribution in [0, 0.1) is 0 Å². The number of benzene rings is 9. The number of nitrogens with zero attached hydrogens (tertiary/aromatic N) is 1. The molecule has 3 heteroatoms. The molecule has 0 atom stereocenters. The molecule has 2 aromatic heterocycles. The van der Waals surface area contributed by atoms with Gasteiger partial charge in [0, 0.05) is 49.5 Å². The summed E-state index contributed by atoms with van der Waals surface area (Å²) >= 11 is 0. The van der Waals surface area contributed by atoms with E-state index in [2.05, 4.69) is 195 Å². The van der Waals surface area contributed by atoms with Crippen molar-refractivity contribution in [2.24, 2.45) is 0 Å². The van der Waals surface area contributed by atoms with Crippen LogP contribution in [-0.4, -0.2) is 0 Å². The van der Waals surface area contributed by atoms with E-state index in [-0.39, 0.29) is 5.41 Å². The maximum Gasteiger partial charge on any atom is 0.145 e. The van der Waals surface area contributed by atoms with E-state index in [0.29, 0.717) is 0 Å². The van der Waals surface area contributed by atoms with Gasteiger partial charge in [0.15, 0.2) is 0 Å². The van der Waals surface area contributed by atoms with Gasteiger partial charge in [-0.25, -0.2) is 0 Å². The Balaban J connectivity index is 1.17. The third-order valence-corrected chi connectivity index (χ3v) is 12.5. The first-order valence-electron chi connectivity index (χ1n) is 20.0. The second kappa shape index (κ2) is 12.3. The van der Waals surface area contributed by atoms with Crippen LogP contribution < -0.4 is 4.90 Å². The third-order valence-electron chi connectivity index (χ3n) is 12.5. The monoisotopic (exact) mass is 743 g/mol. The molecule has 0 N–H and O–H groups in total. The SMILES string of the molecule is CC1(C)c2ccccc2-c2ccc(N(c3ccc(-c4cccc5c4oc4ccccc45)cc3)c3c(-c4ccccc4)c4ccccc4c4oc5ccccc5c34)cc21. The average Bonchev–Trinajstić information content (AvgIpc) is 3.93. The van der Waals surface area contributed by atoms with Crippen molar-refractivity contribution in [1.29, 1.82) is 0 Å². The molecule has 0 spiro atoms. The highest BCUT2D eigenvalue weighted by Gasteiger charge is 2.36. The van der Waals surface area contributed by atoms with Gasteiger partial charge in [-0.05, 0) is 75.2 Å². The molecule has 11 aromatic rings. The van der Waals surface area contributed by atoms with Gasteiger partial charge in [-0.3, -0.25) is 0 Å². The maximum atomic E-state index is 6.87. The summed E-state index contributed by atoms with van der Waals surface area (Å²) in [5, 5.41) is 6.66. The minimum atomic E-state index is -0.175. The zero-order chi connectivity index (χ0) is 38.5. The zero-order valence-corrected chi connectivity index (χ0v) is 32.2. The molecule has 2 heterocycles. The number of hydrogen-bond donors (Lipinski definition) is 0. The highest BCUT2D eigenvalue weighted by Crippen LogP contribution is 2.55. The van der Waals surface area contributed by atoms with E-state index in [0.717, 1.165) is 94.0 Å². The molecule has 0 aliphatic heterocycles. The number of fused-ring (bicyclic) bond motifs is 11. The van der Waals surface area contributed by atoms with Crippen molar-refractivity contribution >= 4 is 71.7 Å². The van der Waals surface area contributed by atoms with Crippen LogP contribution in [0.15, 0.2) is 197 Å². The Hall–Kier alpha value is -7.36. The number of anilines is 3. The van der Waals surface area contributed by atoms with E-state index in [9.17, 15) is 0 Å². The van der Waals surface area contributed by atoms with Crippen LogP contribution in [0.1, 0.15) is 25.0 Å². The summed E-state index contributed by atoms with van der Waals surface area (Å²) in [6.07, 6.45) is 0. The van der Waals surface area contributed by atoms with Gasteiger partial charge < -0.3 is 13.7 Å². The summed E-state index contributed by atoms with van der Waals surface area (Å²) in [5.74, 6) is 0. The number of hydrogen-bond acceptors (Lipinski definition) is 3. The number of rotatable bonds is 5. The quantitative estimate of drug-likeness (QED) is 0.176. The summed E-state index contributed by atoms with van der Waals surface area (Å²) in [6.45, 7) is 4.71.